The highest BCUT2D eigenvalue weighted by molar-refractivity contribution is 6.16. The minimum atomic E-state index is 0.361. The van der Waals surface area contributed by atoms with Gasteiger partial charge in [0.1, 0.15) is 11.3 Å². The van der Waals surface area contributed by atoms with E-state index in [1.807, 2.05) is 18.7 Å². The van der Waals surface area contributed by atoms with Crippen LogP contribution in [0.5, 0.6) is 0 Å². The molecule has 0 saturated carbocycles. The van der Waals surface area contributed by atoms with Crippen LogP contribution in [-0.4, -0.2) is 29.5 Å². The largest absolute Gasteiger partial charge is 0.340 e. The van der Waals surface area contributed by atoms with Crippen LogP contribution in [0.2, 0.25) is 0 Å². The third kappa shape index (κ3) is 2.07. The zero-order chi connectivity index (χ0) is 14.3. The molecule has 0 aliphatic carbocycles. The highest BCUT2D eigenvalue weighted by atomic mass is 35.5. The summed E-state index contributed by atoms with van der Waals surface area (Å²) in [5.41, 5.74) is 2.77. The van der Waals surface area contributed by atoms with E-state index in [1.54, 1.807) is 6.92 Å². The van der Waals surface area contributed by atoms with Crippen LogP contribution in [0.25, 0.3) is 11.2 Å². The summed E-state index contributed by atoms with van der Waals surface area (Å²) in [6.45, 7) is 4.41. The van der Waals surface area contributed by atoms with Crippen LogP contribution in [-0.2, 0) is 25.9 Å². The molecule has 0 unspecified atom stereocenters. The van der Waals surface area contributed by atoms with E-state index in [0.29, 0.717) is 30.6 Å². The van der Waals surface area contributed by atoms with Gasteiger partial charge in [0, 0.05) is 26.9 Å². The summed E-state index contributed by atoms with van der Waals surface area (Å²) in [6, 6.07) is 0. The van der Waals surface area contributed by atoms with E-state index in [0.717, 1.165) is 22.7 Å². The molecule has 0 atom stereocenters. The Morgan fingerprint density at radius 3 is 2.70 bits per heavy atom. The number of hydrogen-bond donors (Lipinski definition) is 0. The molecule has 8 heteroatoms. The normalized spacial score (nSPS) is 11.6. The molecule has 0 saturated heterocycles. The van der Waals surface area contributed by atoms with Crippen molar-refractivity contribution >= 4 is 22.8 Å². The quantitative estimate of drug-likeness (QED) is 0.685. The van der Waals surface area contributed by atoms with Gasteiger partial charge in [0.25, 0.3) is 0 Å². The SMILES string of the molecule is Cc1nc(CCn2c(CCl)nc3c(C)nn(C)c32)no1. The second-order valence-electron chi connectivity index (χ2n) is 4.67. The first-order chi connectivity index (χ1) is 9.60. The fourth-order valence-corrected chi connectivity index (χ4v) is 2.58. The number of alkyl halides is 1. The summed E-state index contributed by atoms with van der Waals surface area (Å²) < 4.78 is 8.87. The minimum Gasteiger partial charge on any atom is -0.340 e. The van der Waals surface area contributed by atoms with Crippen LogP contribution >= 0.6 is 11.6 Å². The molecule has 0 aliphatic heterocycles. The molecule has 3 heterocycles. The lowest BCUT2D eigenvalue weighted by Crippen LogP contribution is -2.09. The molecule has 0 radical (unpaired) electrons. The van der Waals surface area contributed by atoms with Gasteiger partial charge in [-0.05, 0) is 6.92 Å². The molecule has 0 spiro atoms. The molecule has 0 bridgehead atoms. The standard InChI is InChI=1S/C12H15ClN6O/c1-7-11-12(18(3)16-7)19(10(6-13)15-11)5-4-9-14-8(2)20-17-9/h4-6H2,1-3H3. The zero-order valence-electron chi connectivity index (χ0n) is 11.6. The molecule has 0 aromatic carbocycles. The van der Waals surface area contributed by atoms with Gasteiger partial charge in [0.15, 0.2) is 11.5 Å². The van der Waals surface area contributed by atoms with Gasteiger partial charge in [-0.25, -0.2) is 4.98 Å². The second kappa shape index (κ2) is 4.90. The Labute approximate surface area is 120 Å². The second-order valence-corrected chi connectivity index (χ2v) is 4.94. The maximum atomic E-state index is 5.99. The predicted octanol–water partition coefficient (Wildman–Crippen LogP) is 1.75. The molecule has 0 fully saturated rings. The van der Waals surface area contributed by atoms with Crippen molar-refractivity contribution in [3.8, 4) is 0 Å². The van der Waals surface area contributed by atoms with E-state index in [-0.39, 0.29) is 0 Å². The lowest BCUT2D eigenvalue weighted by atomic mass is 10.4. The summed E-state index contributed by atoms with van der Waals surface area (Å²) in [5.74, 6) is 2.45. The van der Waals surface area contributed by atoms with Crippen molar-refractivity contribution in [2.75, 3.05) is 0 Å². The van der Waals surface area contributed by atoms with Crippen molar-refractivity contribution in [2.45, 2.75) is 32.7 Å². The number of aromatic nitrogens is 6. The van der Waals surface area contributed by atoms with Gasteiger partial charge < -0.3 is 9.09 Å². The smallest absolute Gasteiger partial charge is 0.223 e. The average molecular weight is 295 g/mol. The molecule has 3 rings (SSSR count). The van der Waals surface area contributed by atoms with Crippen LogP contribution in [0.15, 0.2) is 4.52 Å². The summed E-state index contributed by atoms with van der Waals surface area (Å²) in [4.78, 5) is 8.76. The topological polar surface area (TPSA) is 74.6 Å². The lowest BCUT2D eigenvalue weighted by molar-refractivity contribution is 0.386. The number of nitrogens with zero attached hydrogens (tertiary/aromatic N) is 6. The molecular formula is C12H15ClN6O. The van der Waals surface area contributed by atoms with Gasteiger partial charge in [-0.1, -0.05) is 5.16 Å². The van der Waals surface area contributed by atoms with Crippen molar-refractivity contribution in [1.29, 1.82) is 0 Å². The third-order valence-corrected chi connectivity index (χ3v) is 3.46. The molecule has 20 heavy (non-hydrogen) atoms. The van der Waals surface area contributed by atoms with E-state index in [4.69, 9.17) is 16.1 Å². The van der Waals surface area contributed by atoms with E-state index in [1.165, 1.54) is 0 Å². The number of fused-ring (bicyclic) bond motifs is 1. The highest BCUT2D eigenvalue weighted by Crippen LogP contribution is 2.20. The van der Waals surface area contributed by atoms with E-state index < -0.39 is 0 Å². The first-order valence-electron chi connectivity index (χ1n) is 6.34. The third-order valence-electron chi connectivity index (χ3n) is 3.22. The van der Waals surface area contributed by atoms with Crippen molar-refractivity contribution in [2.24, 2.45) is 7.05 Å². The van der Waals surface area contributed by atoms with Crippen LogP contribution in [0.3, 0.4) is 0 Å². The Bertz CT molecular complexity index is 756. The monoisotopic (exact) mass is 294 g/mol. The van der Waals surface area contributed by atoms with Crippen molar-refractivity contribution in [3.63, 3.8) is 0 Å². The average Bonchev–Trinajstić information content (AvgIpc) is 3.05. The predicted molar refractivity (Wildman–Crippen MR) is 73.5 cm³/mol. The number of halogens is 1. The summed E-state index contributed by atoms with van der Waals surface area (Å²) in [6.07, 6.45) is 0.664. The Balaban J connectivity index is 1.96. The van der Waals surface area contributed by atoms with Gasteiger partial charge in [-0.3, -0.25) is 4.68 Å². The summed E-state index contributed by atoms with van der Waals surface area (Å²) in [7, 11) is 1.91. The van der Waals surface area contributed by atoms with Crippen LogP contribution < -0.4 is 0 Å². The molecule has 3 aromatic rings. The Kier molecular flexibility index (Phi) is 3.21. The zero-order valence-corrected chi connectivity index (χ0v) is 12.3. The Morgan fingerprint density at radius 2 is 2.05 bits per heavy atom. The maximum Gasteiger partial charge on any atom is 0.223 e. The first kappa shape index (κ1) is 13.1. The van der Waals surface area contributed by atoms with Gasteiger partial charge >= 0.3 is 0 Å². The molecule has 7 nitrogen and oxygen atoms in total. The Hall–Kier alpha value is -1.89. The van der Waals surface area contributed by atoms with Crippen molar-refractivity contribution < 1.29 is 4.52 Å². The molecular weight excluding hydrogens is 280 g/mol. The number of rotatable bonds is 4. The van der Waals surface area contributed by atoms with E-state index >= 15 is 0 Å². The summed E-state index contributed by atoms with van der Waals surface area (Å²) >= 11 is 5.99. The fraction of sp³-hybridized carbons (Fsp3) is 0.500. The van der Waals surface area contributed by atoms with Crippen LogP contribution in [0.1, 0.15) is 23.2 Å². The molecule has 0 aliphatic rings. The number of hydrogen-bond acceptors (Lipinski definition) is 5. The highest BCUT2D eigenvalue weighted by Gasteiger charge is 2.17. The molecule has 3 aromatic heterocycles. The van der Waals surface area contributed by atoms with Gasteiger partial charge in [-0.15, -0.1) is 11.6 Å². The van der Waals surface area contributed by atoms with Crippen LogP contribution in [0, 0.1) is 13.8 Å². The Morgan fingerprint density at radius 1 is 1.25 bits per heavy atom. The van der Waals surface area contributed by atoms with Gasteiger partial charge in [0.05, 0.1) is 11.6 Å². The first-order valence-corrected chi connectivity index (χ1v) is 6.87. The maximum absolute atomic E-state index is 5.99. The van der Waals surface area contributed by atoms with Crippen molar-refractivity contribution in [1.82, 2.24) is 29.5 Å². The number of aryl methyl sites for hydroxylation is 5. The van der Waals surface area contributed by atoms with Gasteiger partial charge in [0.2, 0.25) is 5.89 Å². The lowest BCUT2D eigenvalue weighted by Gasteiger charge is -2.06. The molecule has 0 amide bonds. The number of imidazole rings is 1. The minimum absolute atomic E-state index is 0.361. The molecule has 0 N–H and O–H groups in total. The van der Waals surface area contributed by atoms with E-state index in [9.17, 15) is 0 Å². The van der Waals surface area contributed by atoms with E-state index in [2.05, 4.69) is 24.8 Å². The summed E-state index contributed by atoms with van der Waals surface area (Å²) in [5, 5.41) is 8.29. The fourth-order valence-electron chi connectivity index (χ4n) is 2.37. The van der Waals surface area contributed by atoms with Crippen LogP contribution in [0.4, 0.5) is 0 Å². The van der Waals surface area contributed by atoms with Crippen molar-refractivity contribution in [3.05, 3.63) is 23.2 Å². The van der Waals surface area contributed by atoms with Gasteiger partial charge in [-0.2, -0.15) is 10.1 Å². The molecule has 106 valence electrons.